The Hall–Kier alpha value is -7.93. The van der Waals surface area contributed by atoms with Crippen LogP contribution >= 0.6 is 0 Å². The van der Waals surface area contributed by atoms with Crippen LogP contribution in [-0.2, 0) is 5.41 Å². The molecule has 1 aliphatic rings. The third-order valence-electron chi connectivity index (χ3n) is 12.0. The van der Waals surface area contributed by atoms with Crippen LogP contribution in [0.1, 0.15) is 27.8 Å². The maximum atomic E-state index is 9.74. The smallest absolute Gasteiger partial charge is 0.143 e. The van der Waals surface area contributed by atoms with E-state index in [9.17, 15) is 5.26 Å². The second-order valence-electron chi connectivity index (χ2n) is 15.1. The molecule has 0 spiro atoms. The molecule has 0 N–H and O–H groups in total. The molecule has 1 heterocycles. The lowest BCUT2D eigenvalue weighted by Crippen LogP contribution is -2.28. The van der Waals surface area contributed by atoms with E-state index in [0.717, 1.165) is 72.4 Å². The van der Waals surface area contributed by atoms with Crippen LogP contribution in [0.2, 0.25) is 0 Å². The summed E-state index contributed by atoms with van der Waals surface area (Å²) in [6, 6.07) is 79.8. The van der Waals surface area contributed by atoms with Crippen LogP contribution in [0, 0.1) is 11.3 Å². The molecule has 1 aromatic heterocycles. The van der Waals surface area contributed by atoms with Crippen molar-refractivity contribution in [2.75, 3.05) is 4.90 Å². The zero-order chi connectivity index (χ0) is 39.3. The summed E-state index contributed by atoms with van der Waals surface area (Å²) < 4.78 is 6.44. The summed E-state index contributed by atoms with van der Waals surface area (Å²) in [5, 5.41) is 12.0. The molecule has 59 heavy (non-hydrogen) atoms. The first-order valence-electron chi connectivity index (χ1n) is 20.0. The van der Waals surface area contributed by atoms with Crippen LogP contribution in [0.3, 0.4) is 0 Å². The first kappa shape index (κ1) is 34.3. The molecule has 0 atom stereocenters. The first-order valence-corrected chi connectivity index (χ1v) is 20.0. The third-order valence-corrected chi connectivity index (χ3v) is 12.0. The molecule has 276 valence electrons. The fraction of sp³-hybridized carbons (Fsp3) is 0.0179. The number of nitrogens with zero attached hydrogens (tertiary/aromatic N) is 2. The summed E-state index contributed by atoms with van der Waals surface area (Å²) in [7, 11) is 0. The van der Waals surface area contributed by atoms with E-state index < -0.39 is 5.41 Å². The first-order chi connectivity index (χ1) is 29.2. The van der Waals surface area contributed by atoms with Gasteiger partial charge in [0.05, 0.1) is 22.7 Å². The molecular formula is C56H36N2O. The lowest BCUT2D eigenvalue weighted by atomic mass is 9.67. The van der Waals surface area contributed by atoms with E-state index in [-0.39, 0.29) is 0 Å². The highest BCUT2D eigenvalue weighted by molar-refractivity contribution is 6.09. The molecule has 9 aromatic carbocycles. The van der Waals surface area contributed by atoms with Gasteiger partial charge < -0.3 is 9.32 Å². The predicted molar refractivity (Wildman–Crippen MR) is 241 cm³/mol. The summed E-state index contributed by atoms with van der Waals surface area (Å²) >= 11 is 0. The van der Waals surface area contributed by atoms with Gasteiger partial charge in [-0.1, -0.05) is 170 Å². The Kier molecular flexibility index (Phi) is 8.10. The van der Waals surface area contributed by atoms with Crippen molar-refractivity contribution in [3.8, 4) is 39.4 Å². The molecule has 0 aliphatic heterocycles. The molecular weight excluding hydrogens is 717 g/mol. The molecule has 0 fully saturated rings. The zero-order valence-electron chi connectivity index (χ0n) is 32.1. The van der Waals surface area contributed by atoms with Gasteiger partial charge in [-0.2, -0.15) is 5.26 Å². The molecule has 0 amide bonds. The van der Waals surface area contributed by atoms with Crippen molar-refractivity contribution in [3.63, 3.8) is 0 Å². The minimum atomic E-state index is -0.578. The van der Waals surface area contributed by atoms with Gasteiger partial charge in [-0.3, -0.25) is 0 Å². The number of furan rings is 1. The number of hydrogen-bond donors (Lipinski definition) is 0. The Balaban J connectivity index is 1.08. The molecule has 11 rings (SSSR count). The largest absolute Gasteiger partial charge is 0.455 e. The summed E-state index contributed by atoms with van der Waals surface area (Å²) in [5.74, 6) is 0. The van der Waals surface area contributed by atoms with Gasteiger partial charge in [0.1, 0.15) is 11.2 Å². The molecule has 0 bridgehead atoms. The maximum Gasteiger partial charge on any atom is 0.143 e. The van der Waals surface area contributed by atoms with E-state index in [4.69, 9.17) is 4.42 Å². The molecule has 3 heteroatoms. The maximum absolute atomic E-state index is 9.74. The topological polar surface area (TPSA) is 40.2 Å². The van der Waals surface area contributed by atoms with Gasteiger partial charge >= 0.3 is 0 Å². The number of nitriles is 1. The highest BCUT2D eigenvalue weighted by Gasteiger charge is 2.46. The van der Waals surface area contributed by atoms with E-state index in [1.54, 1.807) is 0 Å². The minimum absolute atomic E-state index is 0.578. The summed E-state index contributed by atoms with van der Waals surface area (Å²) in [6.45, 7) is 0. The van der Waals surface area contributed by atoms with E-state index in [0.29, 0.717) is 5.56 Å². The number of fused-ring (bicyclic) bond motifs is 6. The quantitative estimate of drug-likeness (QED) is 0.163. The van der Waals surface area contributed by atoms with Crippen molar-refractivity contribution in [2.24, 2.45) is 0 Å². The van der Waals surface area contributed by atoms with Crippen LogP contribution < -0.4 is 4.90 Å². The minimum Gasteiger partial charge on any atom is -0.455 e. The molecule has 3 nitrogen and oxygen atoms in total. The number of hydrogen-bond acceptors (Lipinski definition) is 3. The van der Waals surface area contributed by atoms with Gasteiger partial charge in [0.15, 0.2) is 0 Å². The van der Waals surface area contributed by atoms with Gasteiger partial charge in [0, 0.05) is 33.3 Å². The summed E-state index contributed by atoms with van der Waals surface area (Å²) in [5.41, 5.74) is 16.7. The van der Waals surface area contributed by atoms with Crippen molar-refractivity contribution in [1.29, 1.82) is 5.26 Å². The Bertz CT molecular complexity index is 3160. The van der Waals surface area contributed by atoms with E-state index in [1.165, 1.54) is 22.3 Å². The lowest BCUT2D eigenvalue weighted by molar-refractivity contribution is 0.670. The molecule has 1 aliphatic carbocycles. The number of benzene rings is 9. The fourth-order valence-electron chi connectivity index (χ4n) is 9.40. The zero-order valence-corrected chi connectivity index (χ0v) is 32.1. The van der Waals surface area contributed by atoms with Gasteiger partial charge in [0.25, 0.3) is 0 Å². The molecule has 0 saturated heterocycles. The number of rotatable bonds is 7. The molecule has 10 aromatic rings. The predicted octanol–water partition coefficient (Wildman–Crippen LogP) is 14.6. The monoisotopic (exact) mass is 752 g/mol. The molecule has 0 radical (unpaired) electrons. The number of para-hydroxylation sites is 3. The van der Waals surface area contributed by atoms with Crippen LogP contribution in [0.5, 0.6) is 0 Å². The average Bonchev–Trinajstić information content (AvgIpc) is 3.84. The van der Waals surface area contributed by atoms with Gasteiger partial charge in [-0.25, -0.2) is 0 Å². The third kappa shape index (κ3) is 5.42. The van der Waals surface area contributed by atoms with Crippen LogP contribution in [0.4, 0.5) is 17.1 Å². The highest BCUT2D eigenvalue weighted by Crippen LogP contribution is 2.56. The van der Waals surface area contributed by atoms with Crippen molar-refractivity contribution in [3.05, 3.63) is 246 Å². The van der Waals surface area contributed by atoms with Gasteiger partial charge in [-0.05, 0) is 93.0 Å². The highest BCUT2D eigenvalue weighted by atomic mass is 16.3. The van der Waals surface area contributed by atoms with Gasteiger partial charge in [0.2, 0.25) is 0 Å². The van der Waals surface area contributed by atoms with Gasteiger partial charge in [-0.15, -0.1) is 0 Å². The Labute approximate surface area is 343 Å². The molecule has 0 saturated carbocycles. The summed E-state index contributed by atoms with van der Waals surface area (Å²) in [6.07, 6.45) is 0. The average molecular weight is 753 g/mol. The van der Waals surface area contributed by atoms with Crippen molar-refractivity contribution in [1.82, 2.24) is 0 Å². The second-order valence-corrected chi connectivity index (χ2v) is 15.1. The number of anilines is 3. The molecule has 0 unspecified atom stereocenters. The standard InChI is InChI=1S/C56H36N2O/c57-37-38-25-29-41(30-26-38)56(51-21-8-4-16-47(51)48-17-5-9-22-52(48)56)42-31-35-44(36-32-42)58(53-23-10-6-15-45(53)39-13-2-1-3-14-39)43-33-27-40(28-34-43)46-19-12-20-50-49-18-7-11-24-54(49)59-55(46)50/h1-36H. The van der Waals surface area contributed by atoms with E-state index >= 15 is 0 Å². The Morgan fingerprint density at radius 3 is 1.59 bits per heavy atom. The van der Waals surface area contributed by atoms with Crippen LogP contribution in [0.25, 0.3) is 55.3 Å². The Morgan fingerprint density at radius 1 is 0.407 bits per heavy atom. The second kappa shape index (κ2) is 13.9. The van der Waals surface area contributed by atoms with Crippen LogP contribution in [-0.4, -0.2) is 0 Å². The summed E-state index contributed by atoms with van der Waals surface area (Å²) in [4.78, 5) is 2.36. The van der Waals surface area contributed by atoms with Crippen LogP contribution in [0.15, 0.2) is 223 Å². The van der Waals surface area contributed by atoms with E-state index in [2.05, 4.69) is 205 Å². The SMILES string of the molecule is N#Cc1ccc(C2(c3ccc(N(c4ccc(-c5cccc6c5oc5ccccc56)cc4)c4ccccc4-c4ccccc4)cc3)c3ccccc3-c3ccccc32)cc1. The van der Waals surface area contributed by atoms with Crippen molar-refractivity contribution >= 4 is 39.0 Å². The lowest BCUT2D eigenvalue weighted by Gasteiger charge is -2.34. The normalized spacial score (nSPS) is 12.5. The van der Waals surface area contributed by atoms with Crippen molar-refractivity contribution in [2.45, 2.75) is 5.41 Å². The van der Waals surface area contributed by atoms with E-state index in [1.807, 2.05) is 24.3 Å². The Morgan fingerprint density at radius 2 is 0.915 bits per heavy atom. The fourth-order valence-corrected chi connectivity index (χ4v) is 9.40. The van der Waals surface area contributed by atoms with Crippen molar-refractivity contribution < 1.29 is 4.42 Å².